The summed E-state index contributed by atoms with van der Waals surface area (Å²) < 4.78 is 111. The summed E-state index contributed by atoms with van der Waals surface area (Å²) in [4.78, 5) is 23.4. The number of benzene rings is 1. The molecular weight excluding hydrogens is 607 g/mol. The van der Waals surface area contributed by atoms with Crippen LogP contribution in [0.25, 0.3) is 0 Å². The number of amides is 1. The first kappa shape index (κ1) is 33.9. The molecule has 3 rings (SSSR count). The molecule has 0 saturated carbocycles. The van der Waals surface area contributed by atoms with Crippen molar-refractivity contribution in [2.45, 2.75) is 89.2 Å². The van der Waals surface area contributed by atoms with Gasteiger partial charge in [-0.3, -0.25) is 13.9 Å². The molecular formula is C26H33F5N4O7S. The van der Waals surface area contributed by atoms with Crippen molar-refractivity contribution in [3.63, 3.8) is 0 Å². The Labute approximate surface area is 245 Å². The van der Waals surface area contributed by atoms with E-state index in [-0.39, 0.29) is 47.2 Å². The van der Waals surface area contributed by atoms with Gasteiger partial charge in [-0.2, -0.15) is 22.0 Å². The fourth-order valence-corrected chi connectivity index (χ4v) is 6.00. The molecule has 1 aromatic heterocycles. The van der Waals surface area contributed by atoms with E-state index in [1.54, 1.807) is 13.8 Å². The Balaban J connectivity index is 2.06. The van der Waals surface area contributed by atoms with Crippen molar-refractivity contribution in [2.24, 2.45) is 0 Å². The molecule has 2 heterocycles. The van der Waals surface area contributed by atoms with E-state index in [9.17, 15) is 40.0 Å². The van der Waals surface area contributed by atoms with Gasteiger partial charge in [0, 0.05) is 18.9 Å². The molecule has 0 fully saturated rings. The third-order valence-corrected chi connectivity index (χ3v) is 8.09. The van der Waals surface area contributed by atoms with Crippen LogP contribution in [-0.2, 0) is 30.8 Å². The van der Waals surface area contributed by atoms with Crippen LogP contribution in [-0.4, -0.2) is 66.6 Å². The average molecular weight is 641 g/mol. The van der Waals surface area contributed by atoms with Crippen molar-refractivity contribution >= 4 is 27.6 Å². The minimum absolute atomic E-state index is 0.0189. The predicted octanol–water partition coefficient (Wildman–Crippen LogP) is 4.36. The first-order chi connectivity index (χ1) is 19.7. The zero-order valence-electron chi connectivity index (χ0n) is 24.3. The molecule has 17 heteroatoms. The standard InChI is InChI=1S/C26H33F5N4O7S/c1-7-40-22-20(14-34(33-22)23(27)28)43(38,39)35-13-17(12-24(3,4)32-15(2)36)41-19-9-8-16(10-18(19)35)11-21(37)42-25(5,6)26(29,30)31/h8-10,14,17,23H,7,11-13H2,1-6H3,(H,32,36)/t17-/m0/s1. The summed E-state index contributed by atoms with van der Waals surface area (Å²) in [5.41, 5.74) is -3.64. The lowest BCUT2D eigenvalue weighted by atomic mass is 9.95. The van der Waals surface area contributed by atoms with E-state index in [0.29, 0.717) is 20.0 Å². The van der Waals surface area contributed by atoms with Crippen LogP contribution in [0.3, 0.4) is 0 Å². The maximum Gasteiger partial charge on any atom is 0.427 e. The zero-order valence-corrected chi connectivity index (χ0v) is 25.1. The first-order valence-electron chi connectivity index (χ1n) is 13.1. The quantitative estimate of drug-likeness (QED) is 0.283. The average Bonchev–Trinajstić information content (AvgIpc) is 3.27. The Morgan fingerprint density at radius 2 is 1.84 bits per heavy atom. The number of fused-ring (bicyclic) bond motifs is 1. The second-order valence-corrected chi connectivity index (χ2v) is 12.8. The van der Waals surface area contributed by atoms with Gasteiger partial charge in [-0.25, -0.2) is 13.1 Å². The van der Waals surface area contributed by atoms with Crippen LogP contribution in [0, 0.1) is 0 Å². The van der Waals surface area contributed by atoms with Gasteiger partial charge in [0.25, 0.3) is 15.9 Å². The van der Waals surface area contributed by atoms with E-state index >= 15 is 0 Å². The molecule has 1 N–H and O–H groups in total. The third kappa shape index (κ3) is 7.86. The van der Waals surface area contributed by atoms with Crippen LogP contribution in [0.4, 0.5) is 27.6 Å². The van der Waals surface area contributed by atoms with E-state index in [1.807, 2.05) is 0 Å². The Morgan fingerprint density at radius 3 is 2.40 bits per heavy atom. The van der Waals surface area contributed by atoms with Crippen LogP contribution in [0.15, 0.2) is 29.3 Å². The summed E-state index contributed by atoms with van der Waals surface area (Å²) in [6.07, 6.45) is -5.59. The number of sulfonamides is 1. The van der Waals surface area contributed by atoms with Crippen molar-refractivity contribution < 1.29 is 54.2 Å². The highest BCUT2D eigenvalue weighted by Gasteiger charge is 2.50. The summed E-state index contributed by atoms with van der Waals surface area (Å²) in [7, 11) is -4.69. The van der Waals surface area contributed by atoms with Gasteiger partial charge in [0.2, 0.25) is 11.5 Å². The Kier molecular flexibility index (Phi) is 9.58. The predicted molar refractivity (Wildman–Crippen MR) is 142 cm³/mol. The molecule has 1 aliphatic rings. The van der Waals surface area contributed by atoms with Crippen molar-refractivity contribution in [1.29, 1.82) is 0 Å². The summed E-state index contributed by atoms with van der Waals surface area (Å²) in [5.74, 6) is -2.11. The molecule has 2 aromatic rings. The molecule has 240 valence electrons. The lowest BCUT2D eigenvalue weighted by molar-refractivity contribution is -0.257. The molecule has 0 spiro atoms. The minimum atomic E-state index is -4.84. The Hall–Kier alpha value is -3.63. The molecule has 43 heavy (non-hydrogen) atoms. The van der Waals surface area contributed by atoms with Crippen molar-refractivity contribution in [3.05, 3.63) is 30.0 Å². The number of rotatable bonds is 11. The topological polar surface area (TPSA) is 129 Å². The minimum Gasteiger partial charge on any atom is -0.486 e. The van der Waals surface area contributed by atoms with Gasteiger partial charge in [0.1, 0.15) is 11.9 Å². The fourth-order valence-electron chi connectivity index (χ4n) is 4.43. The molecule has 1 atom stereocenters. The van der Waals surface area contributed by atoms with E-state index < -0.39 is 63.2 Å². The second kappa shape index (κ2) is 12.2. The number of esters is 1. The fraction of sp³-hybridized carbons (Fsp3) is 0.577. The van der Waals surface area contributed by atoms with Gasteiger partial charge in [0.05, 0.1) is 31.5 Å². The number of anilines is 1. The third-order valence-electron chi connectivity index (χ3n) is 6.32. The maximum atomic E-state index is 14.0. The van der Waals surface area contributed by atoms with E-state index in [0.717, 1.165) is 4.31 Å². The summed E-state index contributed by atoms with van der Waals surface area (Å²) in [6, 6.07) is 3.91. The molecule has 1 aliphatic heterocycles. The van der Waals surface area contributed by atoms with Crippen molar-refractivity contribution in [2.75, 3.05) is 17.5 Å². The highest BCUT2D eigenvalue weighted by molar-refractivity contribution is 7.93. The highest BCUT2D eigenvalue weighted by atomic mass is 32.2. The van der Waals surface area contributed by atoms with Crippen molar-refractivity contribution in [3.8, 4) is 11.6 Å². The number of aromatic nitrogens is 2. The van der Waals surface area contributed by atoms with Crippen LogP contribution in [0.5, 0.6) is 11.6 Å². The maximum absolute atomic E-state index is 14.0. The van der Waals surface area contributed by atoms with E-state index in [2.05, 4.69) is 15.2 Å². The smallest absolute Gasteiger partial charge is 0.427 e. The highest BCUT2D eigenvalue weighted by Crippen LogP contribution is 2.41. The monoisotopic (exact) mass is 640 g/mol. The van der Waals surface area contributed by atoms with Gasteiger partial charge in [-0.15, -0.1) is 5.10 Å². The second-order valence-electron chi connectivity index (χ2n) is 11.0. The van der Waals surface area contributed by atoms with Gasteiger partial charge >= 0.3 is 18.7 Å². The molecule has 11 nitrogen and oxygen atoms in total. The number of halogens is 5. The summed E-state index contributed by atoms with van der Waals surface area (Å²) in [5, 5.41) is 6.29. The van der Waals surface area contributed by atoms with E-state index in [1.165, 1.54) is 32.0 Å². The molecule has 1 aromatic carbocycles. The molecule has 1 amide bonds. The van der Waals surface area contributed by atoms with Crippen LogP contribution < -0.4 is 19.1 Å². The number of carbonyl (C=O) groups is 2. The molecule has 0 aliphatic carbocycles. The number of nitrogens with one attached hydrogen (secondary N) is 1. The molecule has 0 unspecified atom stereocenters. The number of ether oxygens (including phenoxy) is 3. The summed E-state index contributed by atoms with van der Waals surface area (Å²) >= 11 is 0. The Morgan fingerprint density at radius 1 is 1.19 bits per heavy atom. The lowest BCUT2D eigenvalue weighted by Crippen LogP contribution is -2.50. The van der Waals surface area contributed by atoms with Gasteiger partial charge in [0.15, 0.2) is 4.90 Å². The number of alkyl halides is 5. The largest absolute Gasteiger partial charge is 0.486 e. The van der Waals surface area contributed by atoms with Gasteiger partial charge in [-0.1, -0.05) is 6.07 Å². The molecule has 0 radical (unpaired) electrons. The first-order valence-corrected chi connectivity index (χ1v) is 14.5. The van der Waals surface area contributed by atoms with Crippen LogP contribution in [0.2, 0.25) is 0 Å². The zero-order chi connectivity index (χ0) is 32.5. The molecule has 0 bridgehead atoms. The molecule has 0 saturated heterocycles. The van der Waals surface area contributed by atoms with Gasteiger partial charge < -0.3 is 19.5 Å². The number of carbonyl (C=O) groups excluding carboxylic acids is 2. The number of hydrogen-bond donors (Lipinski definition) is 1. The van der Waals surface area contributed by atoms with Crippen LogP contribution >= 0.6 is 0 Å². The number of nitrogens with zero attached hydrogens (tertiary/aromatic N) is 3. The SMILES string of the molecule is CCOc1nn(C(F)F)cc1S(=O)(=O)N1C[C@H](CC(C)(C)NC(C)=O)Oc2ccc(CC(=O)OC(C)(C)C(F)(F)F)cc21. The number of hydrogen-bond acceptors (Lipinski definition) is 8. The van der Waals surface area contributed by atoms with Crippen LogP contribution in [0.1, 0.15) is 60.1 Å². The summed E-state index contributed by atoms with van der Waals surface area (Å²) in [6.45, 7) is 3.98. The lowest BCUT2D eigenvalue weighted by Gasteiger charge is -2.38. The normalized spacial score (nSPS) is 16.0. The van der Waals surface area contributed by atoms with E-state index in [4.69, 9.17) is 9.47 Å². The van der Waals surface area contributed by atoms with Gasteiger partial charge in [-0.05, 0) is 52.3 Å². The van der Waals surface area contributed by atoms with Crippen molar-refractivity contribution in [1.82, 2.24) is 15.1 Å². The Bertz CT molecular complexity index is 1460.